The number of carbonyl (C=O) groups is 1. The van der Waals surface area contributed by atoms with Crippen LogP contribution >= 0.6 is 11.6 Å². The summed E-state index contributed by atoms with van der Waals surface area (Å²) in [5, 5.41) is 13.8. The van der Waals surface area contributed by atoms with Gasteiger partial charge in [0, 0.05) is 24.2 Å². The van der Waals surface area contributed by atoms with E-state index in [1.807, 2.05) is 14.1 Å². The summed E-state index contributed by atoms with van der Waals surface area (Å²) in [4.78, 5) is 24.6. The molecule has 1 aliphatic carbocycles. The number of halogens is 1. The topological polar surface area (TPSA) is 75.5 Å². The van der Waals surface area contributed by atoms with Crippen LogP contribution in [0.5, 0.6) is 0 Å². The molecule has 0 spiro atoms. The van der Waals surface area contributed by atoms with E-state index >= 15 is 0 Å². The van der Waals surface area contributed by atoms with Crippen molar-refractivity contribution >= 4 is 23.2 Å². The molecule has 1 aliphatic rings. The lowest BCUT2D eigenvalue weighted by Crippen LogP contribution is -2.57. The molecular formula is C14H18ClN3O3. The van der Waals surface area contributed by atoms with Gasteiger partial charge in [-0.25, -0.2) is 0 Å². The summed E-state index contributed by atoms with van der Waals surface area (Å²) in [6, 6.07) is 3.87. The Morgan fingerprint density at radius 2 is 2.14 bits per heavy atom. The minimum Gasteiger partial charge on any atom is -0.350 e. The summed E-state index contributed by atoms with van der Waals surface area (Å²) in [5.74, 6) is -0.378. The fraction of sp³-hybridized carbons (Fsp3) is 0.500. The van der Waals surface area contributed by atoms with Crippen LogP contribution in [0.2, 0.25) is 5.02 Å². The van der Waals surface area contributed by atoms with Gasteiger partial charge in [-0.2, -0.15) is 0 Å². The summed E-state index contributed by atoms with van der Waals surface area (Å²) < 4.78 is 0. The van der Waals surface area contributed by atoms with Gasteiger partial charge in [0.15, 0.2) is 0 Å². The molecule has 2 rings (SSSR count). The zero-order valence-electron chi connectivity index (χ0n) is 12.1. The molecule has 0 saturated heterocycles. The number of carbonyl (C=O) groups excluding carboxylic acids is 1. The Bertz CT molecular complexity index is 571. The van der Waals surface area contributed by atoms with E-state index in [0.717, 1.165) is 19.3 Å². The van der Waals surface area contributed by atoms with Crippen LogP contribution in [-0.4, -0.2) is 41.9 Å². The molecule has 114 valence electrons. The molecule has 1 aromatic carbocycles. The normalized spacial score (nSPS) is 16.4. The van der Waals surface area contributed by atoms with Crippen LogP contribution < -0.4 is 5.32 Å². The maximum Gasteiger partial charge on any atom is 0.270 e. The highest BCUT2D eigenvalue weighted by Gasteiger charge is 2.39. The minimum absolute atomic E-state index is 0.0111. The third-order valence-corrected chi connectivity index (χ3v) is 4.55. The van der Waals surface area contributed by atoms with Gasteiger partial charge in [0.1, 0.15) is 0 Å². The number of nitrogens with zero attached hydrogens (tertiary/aromatic N) is 2. The van der Waals surface area contributed by atoms with Crippen molar-refractivity contribution in [2.75, 3.05) is 20.6 Å². The second-order valence-corrected chi connectivity index (χ2v) is 5.98. The minimum atomic E-state index is -0.541. The molecule has 0 unspecified atom stereocenters. The number of hydrogen-bond donors (Lipinski definition) is 1. The van der Waals surface area contributed by atoms with Gasteiger partial charge in [-0.05, 0) is 39.4 Å². The Kier molecular flexibility index (Phi) is 4.49. The maximum absolute atomic E-state index is 12.2. The molecule has 1 N–H and O–H groups in total. The van der Waals surface area contributed by atoms with Crippen LogP contribution in [0.1, 0.15) is 29.6 Å². The smallest absolute Gasteiger partial charge is 0.270 e. The number of nitrogens with one attached hydrogen (secondary N) is 1. The van der Waals surface area contributed by atoms with Crippen molar-refractivity contribution in [1.29, 1.82) is 0 Å². The van der Waals surface area contributed by atoms with Crippen molar-refractivity contribution in [3.63, 3.8) is 0 Å². The highest BCUT2D eigenvalue weighted by molar-refractivity contribution is 6.33. The van der Waals surface area contributed by atoms with Gasteiger partial charge in [0.25, 0.3) is 11.6 Å². The highest BCUT2D eigenvalue weighted by Crippen LogP contribution is 2.35. The lowest BCUT2D eigenvalue weighted by atomic mass is 9.75. The molecule has 1 saturated carbocycles. The van der Waals surface area contributed by atoms with E-state index < -0.39 is 4.92 Å². The van der Waals surface area contributed by atoms with Crippen molar-refractivity contribution in [1.82, 2.24) is 10.2 Å². The van der Waals surface area contributed by atoms with Crippen molar-refractivity contribution in [2.45, 2.75) is 24.8 Å². The predicted molar refractivity (Wildman–Crippen MR) is 80.7 cm³/mol. The second kappa shape index (κ2) is 5.99. The van der Waals surface area contributed by atoms with Gasteiger partial charge < -0.3 is 10.2 Å². The first-order chi connectivity index (χ1) is 9.85. The van der Waals surface area contributed by atoms with E-state index in [2.05, 4.69) is 10.2 Å². The van der Waals surface area contributed by atoms with Crippen molar-refractivity contribution < 1.29 is 9.72 Å². The first kappa shape index (κ1) is 15.7. The number of nitro groups is 1. The molecule has 0 aliphatic heterocycles. The quantitative estimate of drug-likeness (QED) is 0.669. The Morgan fingerprint density at radius 3 is 2.62 bits per heavy atom. The molecule has 0 radical (unpaired) electrons. The number of nitro benzene ring substituents is 1. The fourth-order valence-corrected chi connectivity index (χ4v) is 2.71. The molecule has 0 heterocycles. The number of amides is 1. The SMILES string of the molecule is CN(C)C1(CNC(=O)c2cc([N+](=O)[O-])ccc2Cl)CCC1. The molecule has 7 heteroatoms. The van der Waals surface area contributed by atoms with Gasteiger partial charge in [0.05, 0.1) is 15.5 Å². The first-order valence-electron chi connectivity index (χ1n) is 6.75. The number of non-ortho nitro benzene ring substituents is 1. The zero-order chi connectivity index (χ0) is 15.6. The number of hydrogen-bond acceptors (Lipinski definition) is 4. The van der Waals surface area contributed by atoms with E-state index in [9.17, 15) is 14.9 Å². The van der Waals surface area contributed by atoms with E-state index in [4.69, 9.17) is 11.6 Å². The second-order valence-electron chi connectivity index (χ2n) is 5.58. The maximum atomic E-state index is 12.2. The van der Waals surface area contributed by atoms with Crippen LogP contribution in [0.4, 0.5) is 5.69 Å². The summed E-state index contributed by atoms with van der Waals surface area (Å²) in [5.41, 5.74) is -0.0160. The first-order valence-corrected chi connectivity index (χ1v) is 7.13. The van der Waals surface area contributed by atoms with Gasteiger partial charge in [0.2, 0.25) is 0 Å². The van der Waals surface area contributed by atoms with Crippen LogP contribution in [0.15, 0.2) is 18.2 Å². The number of benzene rings is 1. The monoisotopic (exact) mass is 311 g/mol. The van der Waals surface area contributed by atoms with Crippen LogP contribution in [0, 0.1) is 10.1 Å². The summed E-state index contributed by atoms with van der Waals surface area (Å²) >= 11 is 5.96. The molecule has 1 aromatic rings. The van der Waals surface area contributed by atoms with Crippen LogP contribution in [0.25, 0.3) is 0 Å². The molecule has 1 amide bonds. The Hall–Kier alpha value is -1.66. The van der Waals surface area contributed by atoms with E-state index in [1.165, 1.54) is 18.2 Å². The summed E-state index contributed by atoms with van der Waals surface area (Å²) in [7, 11) is 3.98. The van der Waals surface area contributed by atoms with Crippen LogP contribution in [0.3, 0.4) is 0 Å². The third-order valence-electron chi connectivity index (χ3n) is 4.22. The average Bonchev–Trinajstić information content (AvgIpc) is 2.36. The van der Waals surface area contributed by atoms with Gasteiger partial charge >= 0.3 is 0 Å². The zero-order valence-corrected chi connectivity index (χ0v) is 12.8. The largest absolute Gasteiger partial charge is 0.350 e. The molecule has 0 bridgehead atoms. The molecule has 1 fully saturated rings. The Morgan fingerprint density at radius 1 is 1.48 bits per heavy atom. The molecular weight excluding hydrogens is 294 g/mol. The Balaban J connectivity index is 2.10. The highest BCUT2D eigenvalue weighted by atomic mass is 35.5. The molecule has 0 atom stereocenters. The standard InChI is InChI=1S/C14H18ClN3O3/c1-17(2)14(6-3-7-14)9-16-13(19)11-8-10(18(20)21)4-5-12(11)15/h4-5,8H,3,6-7,9H2,1-2H3,(H,16,19). The van der Waals surface area contributed by atoms with Gasteiger partial charge in [-0.3, -0.25) is 14.9 Å². The molecule has 6 nitrogen and oxygen atoms in total. The third kappa shape index (κ3) is 3.16. The van der Waals surface area contributed by atoms with Crippen molar-refractivity contribution in [3.05, 3.63) is 38.9 Å². The van der Waals surface area contributed by atoms with E-state index in [0.29, 0.717) is 6.54 Å². The summed E-state index contributed by atoms with van der Waals surface area (Å²) in [6.45, 7) is 0.512. The number of rotatable bonds is 5. The van der Waals surface area contributed by atoms with Crippen LogP contribution in [-0.2, 0) is 0 Å². The molecule has 21 heavy (non-hydrogen) atoms. The average molecular weight is 312 g/mol. The van der Waals surface area contributed by atoms with Gasteiger partial charge in [-0.15, -0.1) is 0 Å². The van der Waals surface area contributed by atoms with E-state index in [1.54, 1.807) is 0 Å². The van der Waals surface area contributed by atoms with E-state index in [-0.39, 0.29) is 27.7 Å². The van der Waals surface area contributed by atoms with Crippen molar-refractivity contribution in [3.8, 4) is 0 Å². The Labute approximate surface area is 128 Å². The van der Waals surface area contributed by atoms with Gasteiger partial charge in [-0.1, -0.05) is 11.6 Å². The predicted octanol–water partition coefficient (Wildman–Crippen LogP) is 2.46. The lowest BCUT2D eigenvalue weighted by molar-refractivity contribution is -0.384. The van der Waals surface area contributed by atoms with Crippen molar-refractivity contribution in [2.24, 2.45) is 0 Å². The fourth-order valence-electron chi connectivity index (χ4n) is 2.51. The summed E-state index contributed by atoms with van der Waals surface area (Å²) in [6.07, 6.45) is 3.21. The lowest BCUT2D eigenvalue weighted by Gasteiger charge is -2.47. The molecule has 0 aromatic heterocycles. The number of likely N-dealkylation sites (N-methyl/N-ethyl adjacent to an activating group) is 1.